The van der Waals surface area contributed by atoms with Gasteiger partial charge in [-0.3, -0.25) is 0 Å². The molecule has 0 aromatic carbocycles. The highest BCUT2D eigenvalue weighted by Crippen LogP contribution is 2.18. The van der Waals surface area contributed by atoms with Gasteiger partial charge in [-0.2, -0.15) is 0 Å². The number of anilines is 1. The van der Waals surface area contributed by atoms with Crippen LogP contribution in [-0.2, 0) is 0 Å². The first-order chi connectivity index (χ1) is 8.66. The van der Waals surface area contributed by atoms with Crippen molar-refractivity contribution in [2.24, 2.45) is 5.92 Å². The van der Waals surface area contributed by atoms with Gasteiger partial charge in [0.2, 0.25) is 5.95 Å². The Labute approximate surface area is 106 Å². The smallest absolute Gasteiger partial charge is 0.339 e. The number of carboxylic acids is 1. The lowest BCUT2D eigenvalue weighted by Gasteiger charge is -2.18. The summed E-state index contributed by atoms with van der Waals surface area (Å²) in [6.07, 6.45) is 9.15. The highest BCUT2D eigenvalue weighted by atomic mass is 16.4. The highest BCUT2D eigenvalue weighted by molar-refractivity contribution is 5.88. The molecule has 1 aromatic heterocycles. The summed E-state index contributed by atoms with van der Waals surface area (Å²) in [6.45, 7) is 2.51. The minimum Gasteiger partial charge on any atom is -0.478 e. The van der Waals surface area contributed by atoms with Gasteiger partial charge in [-0.05, 0) is 32.1 Å². The van der Waals surface area contributed by atoms with Gasteiger partial charge in [-0.1, -0.05) is 12.2 Å². The molecule has 0 aliphatic heterocycles. The molecule has 1 unspecified atom stereocenters. The molecule has 2 N–H and O–H groups in total. The summed E-state index contributed by atoms with van der Waals surface area (Å²) in [5, 5.41) is 12.1. The van der Waals surface area contributed by atoms with Crippen LogP contribution in [0.1, 0.15) is 35.3 Å². The molecule has 1 aliphatic carbocycles. The van der Waals surface area contributed by atoms with E-state index in [-0.39, 0.29) is 5.56 Å². The van der Waals surface area contributed by atoms with Gasteiger partial charge >= 0.3 is 5.97 Å². The summed E-state index contributed by atoms with van der Waals surface area (Å²) in [6, 6.07) is 0. The number of aromatic nitrogens is 2. The third kappa shape index (κ3) is 3.06. The third-order valence-electron chi connectivity index (χ3n) is 3.14. The average molecular weight is 247 g/mol. The third-order valence-corrected chi connectivity index (χ3v) is 3.14. The van der Waals surface area contributed by atoms with Gasteiger partial charge in [0, 0.05) is 12.7 Å². The normalized spacial score (nSPS) is 18.6. The fourth-order valence-corrected chi connectivity index (χ4v) is 2.04. The van der Waals surface area contributed by atoms with Crippen LogP contribution >= 0.6 is 0 Å². The molecule has 0 saturated carbocycles. The zero-order chi connectivity index (χ0) is 13.0. The topological polar surface area (TPSA) is 75.1 Å². The molecule has 2 rings (SSSR count). The molecule has 0 radical (unpaired) electrons. The number of hydrogen-bond donors (Lipinski definition) is 2. The van der Waals surface area contributed by atoms with Crippen LogP contribution in [0.5, 0.6) is 0 Å². The molecular formula is C13H17N3O2. The fourth-order valence-electron chi connectivity index (χ4n) is 2.04. The molecule has 0 amide bonds. The number of carboxylic acid groups (broad SMARTS) is 1. The highest BCUT2D eigenvalue weighted by Gasteiger charge is 2.12. The van der Waals surface area contributed by atoms with Crippen molar-refractivity contribution < 1.29 is 9.90 Å². The first-order valence-electron chi connectivity index (χ1n) is 6.12. The van der Waals surface area contributed by atoms with E-state index >= 15 is 0 Å². The molecule has 0 spiro atoms. The van der Waals surface area contributed by atoms with Crippen LogP contribution in [0.4, 0.5) is 5.95 Å². The van der Waals surface area contributed by atoms with Crippen molar-refractivity contribution in [1.82, 2.24) is 9.97 Å². The maximum Gasteiger partial charge on any atom is 0.339 e. The van der Waals surface area contributed by atoms with Crippen LogP contribution in [0.25, 0.3) is 0 Å². The lowest BCUT2D eigenvalue weighted by molar-refractivity contribution is 0.0695. The van der Waals surface area contributed by atoms with Crippen LogP contribution in [-0.4, -0.2) is 27.6 Å². The van der Waals surface area contributed by atoms with Gasteiger partial charge in [0.15, 0.2) is 0 Å². The number of allylic oxidation sites excluding steroid dienone is 2. The lowest BCUT2D eigenvalue weighted by Crippen LogP contribution is -2.17. The second kappa shape index (κ2) is 5.62. The van der Waals surface area contributed by atoms with Crippen molar-refractivity contribution in [1.29, 1.82) is 0 Å². The predicted octanol–water partition coefficient (Wildman–Crippen LogP) is 2.25. The summed E-state index contributed by atoms with van der Waals surface area (Å²) < 4.78 is 0. The SMILES string of the molecule is Cc1nc(NCC2CC=CCC2)ncc1C(=O)O. The Morgan fingerprint density at radius 1 is 1.56 bits per heavy atom. The molecule has 18 heavy (non-hydrogen) atoms. The van der Waals surface area contributed by atoms with Crippen molar-refractivity contribution in [3.63, 3.8) is 0 Å². The molecule has 1 atom stereocenters. The summed E-state index contributed by atoms with van der Waals surface area (Å²) in [4.78, 5) is 19.0. The van der Waals surface area contributed by atoms with Crippen molar-refractivity contribution in [2.45, 2.75) is 26.2 Å². The molecule has 0 saturated heterocycles. The van der Waals surface area contributed by atoms with Crippen molar-refractivity contribution in [3.05, 3.63) is 29.6 Å². The Morgan fingerprint density at radius 3 is 3.00 bits per heavy atom. The van der Waals surface area contributed by atoms with E-state index in [9.17, 15) is 4.79 Å². The molecule has 1 aromatic rings. The van der Waals surface area contributed by atoms with Gasteiger partial charge in [0.1, 0.15) is 0 Å². The molecule has 96 valence electrons. The van der Waals surface area contributed by atoms with Crippen LogP contribution in [0.15, 0.2) is 18.3 Å². The summed E-state index contributed by atoms with van der Waals surface area (Å²) in [7, 11) is 0. The fraction of sp³-hybridized carbons (Fsp3) is 0.462. The number of hydrogen-bond acceptors (Lipinski definition) is 4. The average Bonchev–Trinajstić information content (AvgIpc) is 2.37. The lowest BCUT2D eigenvalue weighted by atomic mass is 9.94. The standard InChI is InChI=1S/C13H17N3O2/c1-9-11(12(17)18)8-15-13(16-9)14-7-10-5-3-2-4-6-10/h2-3,8,10H,4-7H2,1H3,(H,17,18)(H,14,15,16). The molecule has 5 nitrogen and oxygen atoms in total. The number of aromatic carboxylic acids is 1. The van der Waals surface area contributed by atoms with E-state index in [1.165, 1.54) is 12.6 Å². The summed E-state index contributed by atoms with van der Waals surface area (Å²) in [5.41, 5.74) is 0.643. The first kappa shape index (κ1) is 12.5. The number of aryl methyl sites for hydroxylation is 1. The monoisotopic (exact) mass is 247 g/mol. The van der Waals surface area contributed by atoms with Gasteiger partial charge in [0.05, 0.1) is 11.3 Å². The molecule has 5 heteroatoms. The van der Waals surface area contributed by atoms with Crippen LogP contribution in [0.2, 0.25) is 0 Å². The Balaban J connectivity index is 1.95. The minimum atomic E-state index is -0.989. The van der Waals surface area contributed by atoms with Gasteiger partial charge in [0.25, 0.3) is 0 Å². The van der Waals surface area contributed by atoms with Gasteiger partial charge < -0.3 is 10.4 Å². The Hall–Kier alpha value is -1.91. The Kier molecular flexibility index (Phi) is 3.92. The minimum absolute atomic E-state index is 0.154. The Morgan fingerprint density at radius 2 is 2.39 bits per heavy atom. The number of nitrogens with one attached hydrogen (secondary N) is 1. The number of rotatable bonds is 4. The van der Waals surface area contributed by atoms with Crippen LogP contribution in [0.3, 0.4) is 0 Å². The van der Waals surface area contributed by atoms with Crippen molar-refractivity contribution >= 4 is 11.9 Å². The first-order valence-corrected chi connectivity index (χ1v) is 6.12. The van der Waals surface area contributed by atoms with E-state index in [1.807, 2.05) is 0 Å². The molecule has 1 aliphatic rings. The van der Waals surface area contributed by atoms with E-state index in [0.29, 0.717) is 17.6 Å². The van der Waals surface area contributed by atoms with Crippen LogP contribution in [0, 0.1) is 12.8 Å². The van der Waals surface area contributed by atoms with E-state index in [2.05, 4.69) is 27.4 Å². The summed E-state index contributed by atoms with van der Waals surface area (Å²) in [5.74, 6) is 0.126. The quantitative estimate of drug-likeness (QED) is 0.798. The van der Waals surface area contributed by atoms with Gasteiger partial charge in [-0.15, -0.1) is 0 Å². The van der Waals surface area contributed by atoms with Crippen molar-refractivity contribution in [3.8, 4) is 0 Å². The summed E-state index contributed by atoms with van der Waals surface area (Å²) >= 11 is 0. The van der Waals surface area contributed by atoms with E-state index in [4.69, 9.17) is 5.11 Å². The molecular weight excluding hydrogens is 230 g/mol. The molecule has 0 bridgehead atoms. The maximum absolute atomic E-state index is 10.8. The predicted molar refractivity (Wildman–Crippen MR) is 68.7 cm³/mol. The van der Waals surface area contributed by atoms with E-state index in [0.717, 1.165) is 19.4 Å². The number of nitrogens with zero attached hydrogens (tertiary/aromatic N) is 2. The zero-order valence-corrected chi connectivity index (χ0v) is 10.4. The van der Waals surface area contributed by atoms with E-state index in [1.54, 1.807) is 6.92 Å². The van der Waals surface area contributed by atoms with Crippen molar-refractivity contribution in [2.75, 3.05) is 11.9 Å². The second-order valence-corrected chi connectivity index (χ2v) is 4.53. The molecule has 0 fully saturated rings. The van der Waals surface area contributed by atoms with E-state index < -0.39 is 5.97 Å². The second-order valence-electron chi connectivity index (χ2n) is 4.53. The number of carbonyl (C=O) groups is 1. The Bertz CT molecular complexity index is 471. The molecule has 1 heterocycles. The van der Waals surface area contributed by atoms with Crippen LogP contribution < -0.4 is 5.32 Å². The van der Waals surface area contributed by atoms with Gasteiger partial charge in [-0.25, -0.2) is 14.8 Å². The maximum atomic E-state index is 10.8. The zero-order valence-electron chi connectivity index (χ0n) is 10.4. The largest absolute Gasteiger partial charge is 0.478 e.